The summed E-state index contributed by atoms with van der Waals surface area (Å²) >= 11 is 0. The molecule has 0 radical (unpaired) electrons. The van der Waals surface area contributed by atoms with Crippen molar-refractivity contribution in [2.45, 2.75) is 59.5 Å². The van der Waals surface area contributed by atoms with Crippen molar-refractivity contribution in [3.05, 3.63) is 11.9 Å². The molecule has 2 rings (SSSR count). The van der Waals surface area contributed by atoms with Gasteiger partial charge in [0, 0.05) is 18.8 Å². The fourth-order valence-electron chi connectivity index (χ4n) is 2.85. The Bertz CT molecular complexity index is 370. The summed E-state index contributed by atoms with van der Waals surface area (Å²) in [6.07, 6.45) is 6.12. The van der Waals surface area contributed by atoms with Crippen LogP contribution in [0.1, 0.15) is 45.7 Å². The Morgan fingerprint density at radius 1 is 1.41 bits per heavy atom. The summed E-state index contributed by atoms with van der Waals surface area (Å²) < 4.78 is 2.21. The average molecular weight is 235 g/mol. The summed E-state index contributed by atoms with van der Waals surface area (Å²) in [4.78, 5) is 4.59. The largest absolute Gasteiger partial charge is 0.353 e. The summed E-state index contributed by atoms with van der Waals surface area (Å²) in [6.45, 7) is 9.95. The van der Waals surface area contributed by atoms with E-state index in [1.807, 2.05) is 0 Å². The molecular formula is C14H25N3. The van der Waals surface area contributed by atoms with Crippen LogP contribution in [0, 0.1) is 18.8 Å². The normalized spacial score (nSPS) is 29.3. The summed E-state index contributed by atoms with van der Waals surface area (Å²) in [5.74, 6) is 2.62. The van der Waals surface area contributed by atoms with Crippen molar-refractivity contribution in [3.63, 3.8) is 0 Å². The van der Waals surface area contributed by atoms with Gasteiger partial charge in [0.2, 0.25) is 5.95 Å². The third-order valence-electron chi connectivity index (χ3n) is 4.26. The van der Waals surface area contributed by atoms with E-state index in [9.17, 15) is 0 Å². The van der Waals surface area contributed by atoms with Gasteiger partial charge >= 0.3 is 0 Å². The van der Waals surface area contributed by atoms with Crippen molar-refractivity contribution in [2.75, 3.05) is 5.32 Å². The molecule has 0 saturated heterocycles. The molecule has 1 heterocycles. The first-order valence-electron chi connectivity index (χ1n) is 6.92. The van der Waals surface area contributed by atoms with Crippen LogP contribution >= 0.6 is 0 Å². The van der Waals surface area contributed by atoms with Crippen molar-refractivity contribution >= 4 is 5.95 Å². The van der Waals surface area contributed by atoms with E-state index < -0.39 is 0 Å². The predicted octanol–water partition coefficient (Wildman–Crippen LogP) is 3.45. The Labute approximate surface area is 105 Å². The number of hydrogen-bond donors (Lipinski definition) is 1. The van der Waals surface area contributed by atoms with Crippen LogP contribution < -0.4 is 5.32 Å². The molecule has 96 valence electrons. The Balaban J connectivity index is 2.08. The monoisotopic (exact) mass is 235 g/mol. The van der Waals surface area contributed by atoms with Gasteiger partial charge in [0.25, 0.3) is 0 Å². The Hall–Kier alpha value is -0.990. The summed E-state index contributed by atoms with van der Waals surface area (Å²) in [6, 6.07) is 0.589. The van der Waals surface area contributed by atoms with Crippen molar-refractivity contribution in [3.8, 4) is 0 Å². The number of anilines is 1. The maximum Gasteiger partial charge on any atom is 0.203 e. The Morgan fingerprint density at radius 2 is 2.18 bits per heavy atom. The van der Waals surface area contributed by atoms with Gasteiger partial charge < -0.3 is 9.88 Å². The molecule has 3 unspecified atom stereocenters. The van der Waals surface area contributed by atoms with Gasteiger partial charge in [0.15, 0.2) is 0 Å². The van der Waals surface area contributed by atoms with Gasteiger partial charge in [0.1, 0.15) is 0 Å². The second-order valence-electron chi connectivity index (χ2n) is 5.51. The lowest BCUT2D eigenvalue weighted by atomic mass is 9.78. The van der Waals surface area contributed by atoms with Crippen LogP contribution in [0.15, 0.2) is 6.20 Å². The van der Waals surface area contributed by atoms with Gasteiger partial charge in [-0.25, -0.2) is 4.98 Å². The molecule has 0 aliphatic heterocycles. The summed E-state index contributed by atoms with van der Waals surface area (Å²) in [7, 11) is 0. The van der Waals surface area contributed by atoms with E-state index in [1.54, 1.807) is 0 Å². The molecule has 0 bridgehead atoms. The number of hydrogen-bond acceptors (Lipinski definition) is 2. The first kappa shape index (κ1) is 12.5. The molecule has 1 aromatic rings. The van der Waals surface area contributed by atoms with Crippen LogP contribution in [0.3, 0.4) is 0 Å². The van der Waals surface area contributed by atoms with Crippen LogP contribution in [-0.4, -0.2) is 15.6 Å². The first-order valence-corrected chi connectivity index (χ1v) is 6.92. The van der Waals surface area contributed by atoms with Gasteiger partial charge in [-0.15, -0.1) is 0 Å². The molecule has 0 aromatic carbocycles. The molecular weight excluding hydrogens is 210 g/mol. The fraction of sp³-hybridized carbons (Fsp3) is 0.786. The maximum absolute atomic E-state index is 4.59. The van der Waals surface area contributed by atoms with E-state index in [2.05, 4.69) is 48.8 Å². The van der Waals surface area contributed by atoms with Gasteiger partial charge in [0.05, 0.1) is 5.69 Å². The van der Waals surface area contributed by atoms with E-state index in [1.165, 1.54) is 19.3 Å². The zero-order chi connectivity index (χ0) is 12.4. The summed E-state index contributed by atoms with van der Waals surface area (Å²) in [5.41, 5.74) is 1.10. The Kier molecular flexibility index (Phi) is 3.75. The van der Waals surface area contributed by atoms with Crippen molar-refractivity contribution in [1.82, 2.24) is 9.55 Å². The maximum atomic E-state index is 4.59. The molecule has 3 heteroatoms. The minimum absolute atomic E-state index is 0.589. The number of aromatic nitrogens is 2. The summed E-state index contributed by atoms with van der Waals surface area (Å²) in [5, 5.41) is 3.65. The van der Waals surface area contributed by atoms with Crippen LogP contribution in [0.4, 0.5) is 5.95 Å². The Morgan fingerprint density at radius 3 is 2.88 bits per heavy atom. The highest BCUT2D eigenvalue weighted by molar-refractivity contribution is 5.30. The molecule has 3 atom stereocenters. The highest BCUT2D eigenvalue weighted by Gasteiger charge is 2.27. The lowest BCUT2D eigenvalue weighted by molar-refractivity contribution is 0.252. The van der Waals surface area contributed by atoms with Crippen LogP contribution in [0.5, 0.6) is 0 Å². The quantitative estimate of drug-likeness (QED) is 0.869. The average Bonchev–Trinajstić information content (AvgIpc) is 2.65. The second kappa shape index (κ2) is 5.11. The highest BCUT2D eigenvalue weighted by atomic mass is 15.2. The minimum Gasteiger partial charge on any atom is -0.353 e. The molecule has 1 aliphatic rings. The van der Waals surface area contributed by atoms with E-state index in [4.69, 9.17) is 0 Å². The van der Waals surface area contributed by atoms with Crippen molar-refractivity contribution in [1.29, 1.82) is 0 Å². The number of rotatable bonds is 3. The van der Waals surface area contributed by atoms with E-state index >= 15 is 0 Å². The lowest BCUT2D eigenvalue weighted by Crippen LogP contribution is -2.35. The third-order valence-corrected chi connectivity index (χ3v) is 4.26. The third kappa shape index (κ3) is 2.64. The van der Waals surface area contributed by atoms with Crippen LogP contribution in [-0.2, 0) is 6.54 Å². The SMILES string of the molecule is CCn1cc(C)nc1NC1CCCC(C)C1C. The lowest BCUT2D eigenvalue weighted by Gasteiger charge is -2.34. The van der Waals surface area contributed by atoms with Crippen molar-refractivity contribution in [2.24, 2.45) is 11.8 Å². The minimum atomic E-state index is 0.589. The van der Waals surface area contributed by atoms with Gasteiger partial charge in [-0.1, -0.05) is 26.7 Å². The standard InChI is InChI=1S/C14H25N3/c1-5-17-9-11(3)15-14(17)16-13-8-6-7-10(2)12(13)4/h9-10,12-13H,5-8H2,1-4H3,(H,15,16). The van der Waals surface area contributed by atoms with Crippen molar-refractivity contribution < 1.29 is 0 Å². The van der Waals surface area contributed by atoms with Gasteiger partial charge in [-0.3, -0.25) is 0 Å². The van der Waals surface area contributed by atoms with Crippen LogP contribution in [0.2, 0.25) is 0 Å². The number of imidazole rings is 1. The molecule has 1 fully saturated rings. The molecule has 1 N–H and O–H groups in total. The molecule has 3 nitrogen and oxygen atoms in total. The molecule has 0 amide bonds. The molecule has 0 spiro atoms. The predicted molar refractivity (Wildman–Crippen MR) is 72.2 cm³/mol. The zero-order valence-corrected chi connectivity index (χ0v) is 11.5. The van der Waals surface area contributed by atoms with E-state index in [-0.39, 0.29) is 0 Å². The van der Waals surface area contributed by atoms with Gasteiger partial charge in [-0.05, 0) is 32.1 Å². The van der Waals surface area contributed by atoms with E-state index in [0.29, 0.717) is 6.04 Å². The topological polar surface area (TPSA) is 29.9 Å². The fourth-order valence-corrected chi connectivity index (χ4v) is 2.85. The highest BCUT2D eigenvalue weighted by Crippen LogP contribution is 2.31. The first-order chi connectivity index (χ1) is 8.11. The van der Waals surface area contributed by atoms with Gasteiger partial charge in [-0.2, -0.15) is 0 Å². The molecule has 1 aliphatic carbocycles. The number of nitrogens with one attached hydrogen (secondary N) is 1. The smallest absolute Gasteiger partial charge is 0.203 e. The number of aryl methyl sites for hydroxylation is 2. The molecule has 17 heavy (non-hydrogen) atoms. The van der Waals surface area contributed by atoms with Crippen LogP contribution in [0.25, 0.3) is 0 Å². The number of nitrogens with zero attached hydrogens (tertiary/aromatic N) is 2. The zero-order valence-electron chi connectivity index (χ0n) is 11.5. The molecule has 1 saturated carbocycles. The molecule has 1 aromatic heterocycles. The second-order valence-corrected chi connectivity index (χ2v) is 5.51. The van der Waals surface area contributed by atoms with E-state index in [0.717, 1.165) is 30.0 Å².